The summed E-state index contributed by atoms with van der Waals surface area (Å²) >= 11 is 0. The first kappa shape index (κ1) is 15.0. The van der Waals surface area contributed by atoms with Crippen LogP contribution >= 0.6 is 12.4 Å². The summed E-state index contributed by atoms with van der Waals surface area (Å²) < 4.78 is 1.91. The molecule has 0 bridgehead atoms. The second-order valence-electron chi connectivity index (χ2n) is 4.83. The minimum absolute atomic E-state index is 0. The van der Waals surface area contributed by atoms with Crippen LogP contribution in [0.25, 0.3) is 11.3 Å². The van der Waals surface area contributed by atoms with Crippen LogP contribution in [0, 0.1) is 0 Å². The summed E-state index contributed by atoms with van der Waals surface area (Å²) in [5, 5.41) is 14.3. The Hall–Kier alpha value is -1.43. The van der Waals surface area contributed by atoms with Crippen molar-refractivity contribution in [2.45, 2.75) is 32.4 Å². The van der Waals surface area contributed by atoms with Gasteiger partial charge in [0.25, 0.3) is 0 Å². The molecule has 1 aliphatic carbocycles. The van der Waals surface area contributed by atoms with Crippen LogP contribution in [0.5, 0.6) is 0 Å². The molecule has 3 N–H and O–H groups in total. The van der Waals surface area contributed by atoms with E-state index in [-0.39, 0.29) is 19.0 Å². The zero-order chi connectivity index (χ0) is 13.2. The van der Waals surface area contributed by atoms with Crippen LogP contribution in [0.3, 0.4) is 0 Å². The fourth-order valence-electron chi connectivity index (χ4n) is 2.73. The van der Waals surface area contributed by atoms with E-state index in [9.17, 15) is 5.11 Å². The second kappa shape index (κ2) is 6.35. The van der Waals surface area contributed by atoms with Crippen molar-refractivity contribution in [1.29, 1.82) is 0 Å². The Labute approximate surface area is 124 Å². The Morgan fingerprint density at radius 1 is 1.35 bits per heavy atom. The highest BCUT2D eigenvalue weighted by molar-refractivity contribution is 5.85. The third-order valence-corrected chi connectivity index (χ3v) is 3.69. The summed E-state index contributed by atoms with van der Waals surface area (Å²) in [6.07, 6.45) is 6.47. The molecule has 0 aliphatic heterocycles. The highest BCUT2D eigenvalue weighted by Crippen LogP contribution is 2.34. The summed E-state index contributed by atoms with van der Waals surface area (Å²) in [6, 6.07) is 2.01. The van der Waals surface area contributed by atoms with E-state index < -0.39 is 0 Å². The number of rotatable bonds is 4. The lowest BCUT2D eigenvalue weighted by molar-refractivity contribution is 0.266. The molecule has 2 aromatic heterocycles. The standard InChI is InChI=1S/C14H18N4O.ClH/c15-5-1-7-18-13(9-19)12-3-2-10-8-16-6-4-11(10)14(12)17-18;/h4,6,8,19H,1-3,5,7,9,15H2;1H. The van der Waals surface area contributed by atoms with E-state index in [4.69, 9.17) is 5.73 Å². The minimum Gasteiger partial charge on any atom is -0.390 e. The summed E-state index contributed by atoms with van der Waals surface area (Å²) in [7, 11) is 0. The quantitative estimate of drug-likeness (QED) is 0.891. The minimum atomic E-state index is 0. The van der Waals surface area contributed by atoms with Crippen molar-refractivity contribution in [2.75, 3.05) is 6.54 Å². The Morgan fingerprint density at radius 2 is 2.20 bits per heavy atom. The molecular weight excluding hydrogens is 276 g/mol. The van der Waals surface area contributed by atoms with E-state index in [0.29, 0.717) is 6.54 Å². The van der Waals surface area contributed by atoms with Gasteiger partial charge < -0.3 is 10.8 Å². The topological polar surface area (TPSA) is 77.0 Å². The van der Waals surface area contributed by atoms with E-state index in [1.54, 1.807) is 6.20 Å². The van der Waals surface area contributed by atoms with Gasteiger partial charge in [-0.05, 0) is 37.4 Å². The van der Waals surface area contributed by atoms with Gasteiger partial charge in [-0.25, -0.2) is 0 Å². The molecule has 0 spiro atoms. The summed E-state index contributed by atoms with van der Waals surface area (Å²) in [5.74, 6) is 0. The zero-order valence-electron chi connectivity index (χ0n) is 11.2. The Balaban J connectivity index is 0.00000147. The number of aromatic nitrogens is 3. The van der Waals surface area contributed by atoms with Crippen LogP contribution in [0.4, 0.5) is 0 Å². The van der Waals surface area contributed by atoms with Gasteiger partial charge in [-0.1, -0.05) is 0 Å². The number of fused-ring (bicyclic) bond motifs is 3. The monoisotopic (exact) mass is 294 g/mol. The van der Waals surface area contributed by atoms with Gasteiger partial charge in [0.1, 0.15) is 0 Å². The summed E-state index contributed by atoms with van der Waals surface area (Å²) in [6.45, 7) is 1.43. The highest BCUT2D eigenvalue weighted by Gasteiger charge is 2.23. The molecule has 2 heterocycles. The lowest BCUT2D eigenvalue weighted by Crippen LogP contribution is -2.10. The molecule has 0 saturated carbocycles. The molecule has 0 amide bonds. The molecule has 0 unspecified atom stereocenters. The van der Waals surface area contributed by atoms with Crippen molar-refractivity contribution in [3.63, 3.8) is 0 Å². The lowest BCUT2D eigenvalue weighted by Gasteiger charge is -2.14. The van der Waals surface area contributed by atoms with Gasteiger partial charge in [-0.3, -0.25) is 9.67 Å². The molecule has 2 aromatic rings. The Bertz CT molecular complexity index is 597. The van der Waals surface area contributed by atoms with Gasteiger partial charge in [0, 0.05) is 30.1 Å². The Kier molecular flexibility index (Phi) is 4.75. The maximum Gasteiger partial charge on any atom is 0.0962 e. The number of hydrogen-bond donors (Lipinski definition) is 2. The van der Waals surface area contributed by atoms with Crippen LogP contribution in [-0.2, 0) is 26.0 Å². The van der Waals surface area contributed by atoms with E-state index in [1.807, 2.05) is 16.9 Å². The van der Waals surface area contributed by atoms with Gasteiger partial charge in [0.05, 0.1) is 18.0 Å². The van der Waals surface area contributed by atoms with E-state index in [2.05, 4.69) is 10.1 Å². The predicted octanol–water partition coefficient (Wildman–Crippen LogP) is 1.31. The van der Waals surface area contributed by atoms with Crippen LogP contribution in [0.1, 0.15) is 23.2 Å². The number of pyridine rings is 1. The number of aliphatic hydroxyl groups is 1. The fourth-order valence-corrected chi connectivity index (χ4v) is 2.73. The number of halogens is 1. The van der Waals surface area contributed by atoms with Crippen molar-refractivity contribution in [3.05, 3.63) is 35.3 Å². The molecule has 1 aliphatic rings. The molecule has 20 heavy (non-hydrogen) atoms. The highest BCUT2D eigenvalue weighted by atomic mass is 35.5. The van der Waals surface area contributed by atoms with Gasteiger partial charge in [-0.15, -0.1) is 12.4 Å². The third-order valence-electron chi connectivity index (χ3n) is 3.69. The second-order valence-corrected chi connectivity index (χ2v) is 4.83. The number of hydrogen-bond acceptors (Lipinski definition) is 4. The van der Waals surface area contributed by atoms with Crippen LogP contribution in [-0.4, -0.2) is 26.4 Å². The maximum absolute atomic E-state index is 9.61. The number of nitrogens with zero attached hydrogens (tertiary/aromatic N) is 3. The van der Waals surface area contributed by atoms with E-state index >= 15 is 0 Å². The smallest absolute Gasteiger partial charge is 0.0962 e. The van der Waals surface area contributed by atoms with E-state index in [0.717, 1.165) is 42.8 Å². The first-order valence-electron chi connectivity index (χ1n) is 6.68. The maximum atomic E-state index is 9.61. The molecule has 108 valence electrons. The molecule has 5 nitrogen and oxygen atoms in total. The molecule has 6 heteroatoms. The van der Waals surface area contributed by atoms with Crippen LogP contribution in [0.15, 0.2) is 18.5 Å². The molecular formula is C14H19ClN4O. The van der Waals surface area contributed by atoms with Gasteiger partial charge in [0.2, 0.25) is 0 Å². The fraction of sp³-hybridized carbons (Fsp3) is 0.429. The van der Waals surface area contributed by atoms with Crippen LogP contribution < -0.4 is 5.73 Å². The zero-order valence-corrected chi connectivity index (χ0v) is 12.1. The predicted molar refractivity (Wildman–Crippen MR) is 79.7 cm³/mol. The number of aryl methyl sites for hydroxylation is 2. The molecule has 3 rings (SSSR count). The van der Waals surface area contributed by atoms with Crippen molar-refractivity contribution >= 4 is 12.4 Å². The molecule has 0 aromatic carbocycles. The summed E-state index contributed by atoms with van der Waals surface area (Å²) in [5.41, 5.74) is 11.1. The van der Waals surface area contributed by atoms with Crippen LogP contribution in [0.2, 0.25) is 0 Å². The van der Waals surface area contributed by atoms with Gasteiger partial charge >= 0.3 is 0 Å². The molecule has 0 fully saturated rings. The average Bonchev–Trinajstić information content (AvgIpc) is 2.82. The first-order chi connectivity index (χ1) is 9.35. The van der Waals surface area contributed by atoms with Gasteiger partial charge in [-0.2, -0.15) is 5.10 Å². The normalized spacial score (nSPS) is 12.5. The lowest BCUT2D eigenvalue weighted by atomic mass is 9.90. The Morgan fingerprint density at radius 3 is 2.95 bits per heavy atom. The van der Waals surface area contributed by atoms with Gasteiger partial charge in [0.15, 0.2) is 0 Å². The third kappa shape index (κ3) is 2.44. The average molecular weight is 295 g/mol. The number of nitrogens with two attached hydrogens (primary N) is 1. The first-order valence-corrected chi connectivity index (χ1v) is 6.68. The van der Waals surface area contributed by atoms with E-state index in [1.165, 1.54) is 11.1 Å². The summed E-state index contributed by atoms with van der Waals surface area (Å²) in [4.78, 5) is 4.17. The SMILES string of the molecule is Cl.NCCCn1nc2c(c1CO)CCc1cnccc1-2. The molecule has 0 saturated heterocycles. The van der Waals surface area contributed by atoms with Crippen molar-refractivity contribution in [3.8, 4) is 11.3 Å². The molecule has 0 radical (unpaired) electrons. The molecule has 0 atom stereocenters. The number of aliphatic hydroxyl groups excluding tert-OH is 1. The van der Waals surface area contributed by atoms with Crippen molar-refractivity contribution in [2.24, 2.45) is 5.73 Å². The largest absolute Gasteiger partial charge is 0.390 e. The van der Waals surface area contributed by atoms with Crippen molar-refractivity contribution in [1.82, 2.24) is 14.8 Å². The van der Waals surface area contributed by atoms with Crippen molar-refractivity contribution < 1.29 is 5.11 Å².